The van der Waals surface area contributed by atoms with Crippen LogP contribution in [0.2, 0.25) is 5.02 Å². The summed E-state index contributed by atoms with van der Waals surface area (Å²) in [5.41, 5.74) is 3.44. The highest BCUT2D eigenvalue weighted by molar-refractivity contribution is 7.99. The SMILES string of the molecule is CCC1CCSc2ccc(Nc3ncc(Cl)c(Nc4ccccc4C(=O)NC)n3)cc2C1. The molecule has 0 radical (unpaired) electrons. The highest BCUT2D eigenvalue weighted by Crippen LogP contribution is 2.35. The van der Waals surface area contributed by atoms with Crippen molar-refractivity contribution in [3.63, 3.8) is 0 Å². The molecule has 1 amide bonds. The number of nitrogens with one attached hydrogen (secondary N) is 3. The number of hydrogen-bond acceptors (Lipinski definition) is 6. The van der Waals surface area contributed by atoms with E-state index in [0.717, 1.165) is 18.0 Å². The highest BCUT2D eigenvalue weighted by atomic mass is 35.5. The highest BCUT2D eigenvalue weighted by Gasteiger charge is 2.17. The van der Waals surface area contributed by atoms with Crippen molar-refractivity contribution in [3.05, 3.63) is 64.8 Å². The average Bonchev–Trinajstić information content (AvgIpc) is 3.02. The molecule has 0 bridgehead atoms. The van der Waals surface area contributed by atoms with Gasteiger partial charge in [0.15, 0.2) is 5.82 Å². The lowest BCUT2D eigenvalue weighted by Gasteiger charge is -2.14. The zero-order valence-corrected chi connectivity index (χ0v) is 19.7. The second kappa shape index (κ2) is 10.2. The van der Waals surface area contributed by atoms with Crippen molar-refractivity contribution < 1.29 is 4.79 Å². The number of carbonyl (C=O) groups excluding carboxylic acids is 1. The molecule has 0 saturated carbocycles. The fourth-order valence-corrected chi connectivity index (χ4v) is 5.05. The lowest BCUT2D eigenvalue weighted by molar-refractivity contribution is 0.0964. The van der Waals surface area contributed by atoms with Crippen LogP contribution in [0.25, 0.3) is 0 Å². The number of nitrogens with zero attached hydrogens (tertiary/aromatic N) is 2. The number of aromatic nitrogens is 2. The number of rotatable bonds is 6. The molecule has 1 aromatic heterocycles. The third kappa shape index (κ3) is 5.16. The number of halogens is 1. The van der Waals surface area contributed by atoms with Crippen molar-refractivity contribution >= 4 is 52.4 Å². The van der Waals surface area contributed by atoms with Crippen molar-refractivity contribution in [1.82, 2.24) is 15.3 Å². The summed E-state index contributed by atoms with van der Waals surface area (Å²) >= 11 is 8.28. The quantitative estimate of drug-likeness (QED) is 0.410. The molecular weight excluding hydrogens is 442 g/mol. The molecule has 0 aliphatic carbocycles. The summed E-state index contributed by atoms with van der Waals surface area (Å²) in [5.74, 6) is 2.57. The fraction of sp³-hybridized carbons (Fsp3) is 0.292. The zero-order chi connectivity index (χ0) is 22.5. The van der Waals surface area contributed by atoms with Crippen LogP contribution < -0.4 is 16.0 Å². The molecule has 0 saturated heterocycles. The standard InChI is InChI=1S/C24H26ClN5OS/c1-3-15-10-11-32-21-9-8-17(13-16(21)12-15)28-24-27-14-19(25)22(30-24)29-20-7-5-4-6-18(20)23(31)26-2/h4-9,13-15H,3,10-12H2,1-2H3,(H,26,31)(H2,27,28,29,30). The first-order valence-electron chi connectivity index (χ1n) is 10.7. The number of thioether (sulfide) groups is 1. The Balaban J connectivity index is 1.57. The molecule has 1 aliphatic heterocycles. The van der Waals surface area contributed by atoms with Crippen LogP contribution in [-0.2, 0) is 6.42 Å². The van der Waals surface area contributed by atoms with Crippen LogP contribution in [-0.4, -0.2) is 28.7 Å². The summed E-state index contributed by atoms with van der Waals surface area (Å²) in [6, 6.07) is 13.6. The Morgan fingerprint density at radius 3 is 2.88 bits per heavy atom. The van der Waals surface area contributed by atoms with Crippen molar-refractivity contribution in [2.45, 2.75) is 31.1 Å². The molecule has 166 valence electrons. The molecule has 0 spiro atoms. The molecule has 2 aromatic carbocycles. The van der Waals surface area contributed by atoms with Gasteiger partial charge >= 0.3 is 0 Å². The monoisotopic (exact) mass is 467 g/mol. The van der Waals surface area contributed by atoms with E-state index in [0.29, 0.717) is 28.0 Å². The van der Waals surface area contributed by atoms with Crippen LogP contribution in [0.4, 0.5) is 23.1 Å². The van der Waals surface area contributed by atoms with Gasteiger partial charge in [0.2, 0.25) is 5.95 Å². The van der Waals surface area contributed by atoms with E-state index in [-0.39, 0.29) is 5.91 Å². The Hall–Kier alpha value is -2.77. The first-order chi connectivity index (χ1) is 15.6. The van der Waals surface area contributed by atoms with Crippen LogP contribution in [0.1, 0.15) is 35.7 Å². The van der Waals surface area contributed by atoms with Gasteiger partial charge in [0.05, 0.1) is 17.4 Å². The van der Waals surface area contributed by atoms with Gasteiger partial charge in [0.1, 0.15) is 5.02 Å². The summed E-state index contributed by atoms with van der Waals surface area (Å²) in [4.78, 5) is 22.4. The third-order valence-corrected chi connectivity index (χ3v) is 7.01. The van der Waals surface area contributed by atoms with Crippen LogP contribution in [0, 0.1) is 5.92 Å². The summed E-state index contributed by atoms with van der Waals surface area (Å²) in [6.45, 7) is 2.26. The molecule has 6 nitrogen and oxygen atoms in total. The van der Waals surface area contributed by atoms with Gasteiger partial charge in [-0.1, -0.05) is 37.1 Å². The maximum atomic E-state index is 12.2. The van der Waals surface area contributed by atoms with Gasteiger partial charge in [0.25, 0.3) is 5.91 Å². The molecule has 1 aliphatic rings. The first-order valence-corrected chi connectivity index (χ1v) is 12.1. The maximum Gasteiger partial charge on any atom is 0.253 e. The summed E-state index contributed by atoms with van der Waals surface area (Å²) < 4.78 is 0. The van der Waals surface area contributed by atoms with E-state index in [1.165, 1.54) is 29.1 Å². The van der Waals surface area contributed by atoms with Crippen LogP contribution in [0.3, 0.4) is 0 Å². The molecule has 8 heteroatoms. The topological polar surface area (TPSA) is 78.9 Å². The molecule has 3 N–H and O–H groups in total. The lowest BCUT2D eigenvalue weighted by atomic mass is 9.94. The minimum absolute atomic E-state index is 0.190. The third-order valence-electron chi connectivity index (χ3n) is 5.58. The summed E-state index contributed by atoms with van der Waals surface area (Å²) in [5, 5.41) is 9.48. The second-order valence-electron chi connectivity index (χ2n) is 7.70. The van der Waals surface area contributed by atoms with E-state index < -0.39 is 0 Å². The molecule has 3 aromatic rings. The Morgan fingerprint density at radius 1 is 1.22 bits per heavy atom. The van der Waals surface area contributed by atoms with Crippen molar-refractivity contribution in [3.8, 4) is 0 Å². The normalized spacial score (nSPS) is 15.4. The van der Waals surface area contributed by atoms with Gasteiger partial charge in [-0.05, 0) is 60.4 Å². The summed E-state index contributed by atoms with van der Waals surface area (Å²) in [7, 11) is 1.60. The number of carbonyl (C=O) groups is 1. The summed E-state index contributed by atoms with van der Waals surface area (Å²) in [6.07, 6.45) is 5.10. The largest absolute Gasteiger partial charge is 0.355 e. The number of para-hydroxylation sites is 1. The van der Waals surface area contributed by atoms with Gasteiger partial charge < -0.3 is 16.0 Å². The Labute approximate surface area is 197 Å². The Bertz CT molecular complexity index is 1120. The van der Waals surface area contributed by atoms with Gasteiger partial charge in [-0.3, -0.25) is 4.79 Å². The number of fused-ring (bicyclic) bond motifs is 1. The van der Waals surface area contributed by atoms with Gasteiger partial charge in [-0.2, -0.15) is 4.98 Å². The van der Waals surface area contributed by atoms with Crippen molar-refractivity contribution in [1.29, 1.82) is 0 Å². The molecule has 1 unspecified atom stereocenters. The molecule has 4 rings (SSSR count). The zero-order valence-electron chi connectivity index (χ0n) is 18.1. The molecule has 1 atom stereocenters. The van der Waals surface area contributed by atoms with Crippen molar-refractivity contribution in [2.75, 3.05) is 23.4 Å². The molecule has 0 fully saturated rings. The van der Waals surface area contributed by atoms with E-state index in [2.05, 4.69) is 51.0 Å². The number of hydrogen-bond donors (Lipinski definition) is 3. The van der Waals surface area contributed by atoms with E-state index in [1.54, 1.807) is 19.3 Å². The predicted octanol–water partition coefficient (Wildman–Crippen LogP) is 6.04. The molecular formula is C24H26ClN5OS. The maximum absolute atomic E-state index is 12.2. The number of benzene rings is 2. The number of amides is 1. The van der Waals surface area contributed by atoms with E-state index in [4.69, 9.17) is 11.6 Å². The average molecular weight is 468 g/mol. The van der Waals surface area contributed by atoms with Crippen molar-refractivity contribution in [2.24, 2.45) is 5.92 Å². The van der Waals surface area contributed by atoms with Gasteiger partial charge in [0, 0.05) is 17.6 Å². The minimum atomic E-state index is -0.190. The van der Waals surface area contributed by atoms with Crippen LogP contribution in [0.5, 0.6) is 0 Å². The van der Waals surface area contributed by atoms with Gasteiger partial charge in [-0.25, -0.2) is 4.98 Å². The predicted molar refractivity (Wildman–Crippen MR) is 133 cm³/mol. The van der Waals surface area contributed by atoms with E-state index in [9.17, 15) is 4.79 Å². The lowest BCUT2D eigenvalue weighted by Crippen LogP contribution is -2.19. The van der Waals surface area contributed by atoms with E-state index in [1.807, 2.05) is 30.0 Å². The Kier molecular flexibility index (Phi) is 7.17. The smallest absolute Gasteiger partial charge is 0.253 e. The molecule has 2 heterocycles. The number of anilines is 4. The minimum Gasteiger partial charge on any atom is -0.355 e. The second-order valence-corrected chi connectivity index (χ2v) is 9.25. The van der Waals surface area contributed by atoms with Crippen LogP contribution in [0.15, 0.2) is 53.6 Å². The van der Waals surface area contributed by atoms with Gasteiger partial charge in [-0.15, -0.1) is 11.8 Å². The Morgan fingerprint density at radius 2 is 2.06 bits per heavy atom. The molecule has 32 heavy (non-hydrogen) atoms. The van der Waals surface area contributed by atoms with Crippen LogP contribution >= 0.6 is 23.4 Å². The van der Waals surface area contributed by atoms with E-state index >= 15 is 0 Å². The first kappa shape index (κ1) is 22.4. The fourth-order valence-electron chi connectivity index (χ4n) is 3.75.